The van der Waals surface area contributed by atoms with E-state index in [1.807, 2.05) is 25.1 Å². The summed E-state index contributed by atoms with van der Waals surface area (Å²) >= 11 is 2.25. The van der Waals surface area contributed by atoms with Gasteiger partial charge in [0.1, 0.15) is 5.75 Å². The van der Waals surface area contributed by atoms with E-state index in [4.69, 9.17) is 5.11 Å². The maximum atomic E-state index is 11.7. The van der Waals surface area contributed by atoms with E-state index in [0.717, 1.165) is 20.4 Å². The van der Waals surface area contributed by atoms with Crippen molar-refractivity contribution in [2.24, 2.45) is 5.10 Å². The molecular weight excluding hydrogens is 393 g/mol. The maximum Gasteiger partial charge on any atom is 0.259 e. The first-order chi connectivity index (χ1) is 10.5. The highest BCUT2D eigenvalue weighted by Gasteiger charge is 2.02. The van der Waals surface area contributed by atoms with Crippen molar-refractivity contribution in [2.45, 2.75) is 6.92 Å². The van der Waals surface area contributed by atoms with Gasteiger partial charge in [-0.3, -0.25) is 4.79 Å². The van der Waals surface area contributed by atoms with Crippen molar-refractivity contribution in [3.63, 3.8) is 0 Å². The van der Waals surface area contributed by atoms with E-state index >= 15 is 0 Å². The molecule has 0 unspecified atom stereocenters. The van der Waals surface area contributed by atoms with Crippen LogP contribution in [0.4, 0.5) is 5.69 Å². The summed E-state index contributed by atoms with van der Waals surface area (Å²) in [6.45, 7) is 2.14. The van der Waals surface area contributed by atoms with E-state index in [2.05, 4.69) is 38.4 Å². The van der Waals surface area contributed by atoms with Crippen molar-refractivity contribution >= 4 is 40.4 Å². The Morgan fingerprint density at radius 2 is 2.00 bits per heavy atom. The normalized spacial score (nSPS) is 10.6. The Morgan fingerprint density at radius 1 is 1.27 bits per heavy atom. The van der Waals surface area contributed by atoms with Crippen LogP contribution in [0.5, 0.6) is 5.75 Å². The first kappa shape index (κ1) is 16.3. The number of rotatable bonds is 5. The van der Waals surface area contributed by atoms with Crippen LogP contribution in [0, 0.1) is 10.5 Å². The van der Waals surface area contributed by atoms with E-state index in [1.54, 1.807) is 24.3 Å². The molecule has 0 atom stereocenters. The molecular formula is C16H16IN3O2. The van der Waals surface area contributed by atoms with Crippen molar-refractivity contribution in [3.05, 3.63) is 57.2 Å². The highest BCUT2D eigenvalue weighted by atomic mass is 127. The SMILES string of the molecule is Cc1cc(I)ccc1NCC(=O)N/N=C/c1ccc(O)cc1. The Labute approximate surface area is 142 Å². The summed E-state index contributed by atoms with van der Waals surface area (Å²) in [5.41, 5.74) is 5.26. The molecule has 114 valence electrons. The Balaban J connectivity index is 1.81. The minimum Gasteiger partial charge on any atom is -0.508 e. The first-order valence-corrected chi connectivity index (χ1v) is 7.73. The third-order valence-electron chi connectivity index (χ3n) is 2.92. The van der Waals surface area contributed by atoms with Gasteiger partial charge in [-0.1, -0.05) is 0 Å². The van der Waals surface area contributed by atoms with E-state index in [1.165, 1.54) is 6.21 Å². The summed E-state index contributed by atoms with van der Waals surface area (Å²) in [4.78, 5) is 11.7. The standard InChI is InChI=1S/C16H16IN3O2/c1-11-8-13(17)4-7-15(11)18-10-16(22)20-19-9-12-2-5-14(21)6-3-12/h2-9,18,21H,10H2,1H3,(H,20,22)/b19-9+. The molecule has 0 bridgehead atoms. The fourth-order valence-corrected chi connectivity index (χ4v) is 2.43. The largest absolute Gasteiger partial charge is 0.508 e. The van der Waals surface area contributed by atoms with Gasteiger partial charge in [0.2, 0.25) is 0 Å². The van der Waals surface area contributed by atoms with Crippen LogP contribution in [0.2, 0.25) is 0 Å². The molecule has 0 saturated heterocycles. The van der Waals surface area contributed by atoms with Crippen molar-refractivity contribution in [1.29, 1.82) is 0 Å². The lowest BCUT2D eigenvalue weighted by atomic mass is 10.2. The van der Waals surface area contributed by atoms with Crippen molar-refractivity contribution in [3.8, 4) is 5.75 Å². The minimum absolute atomic E-state index is 0.147. The average molecular weight is 409 g/mol. The van der Waals surface area contributed by atoms with Gasteiger partial charge in [0.25, 0.3) is 5.91 Å². The highest BCUT2D eigenvalue weighted by molar-refractivity contribution is 14.1. The lowest BCUT2D eigenvalue weighted by Gasteiger charge is -2.08. The smallest absolute Gasteiger partial charge is 0.259 e. The zero-order valence-electron chi connectivity index (χ0n) is 12.0. The topological polar surface area (TPSA) is 73.7 Å². The second-order valence-corrected chi connectivity index (χ2v) is 5.94. The lowest BCUT2D eigenvalue weighted by molar-refractivity contribution is -0.119. The van der Waals surface area contributed by atoms with E-state index < -0.39 is 0 Å². The molecule has 22 heavy (non-hydrogen) atoms. The van der Waals surface area contributed by atoms with Gasteiger partial charge in [-0.05, 0) is 83.1 Å². The van der Waals surface area contributed by atoms with Crippen LogP contribution >= 0.6 is 22.6 Å². The number of anilines is 1. The predicted octanol–water partition coefficient (Wildman–Crippen LogP) is 2.87. The molecule has 0 heterocycles. The van der Waals surface area contributed by atoms with Crippen LogP contribution in [0.1, 0.15) is 11.1 Å². The summed E-state index contributed by atoms with van der Waals surface area (Å²) < 4.78 is 1.16. The molecule has 6 heteroatoms. The number of carbonyl (C=O) groups is 1. The number of aromatic hydroxyl groups is 1. The molecule has 0 spiro atoms. The summed E-state index contributed by atoms with van der Waals surface area (Å²) in [5.74, 6) is -0.0359. The number of halogens is 1. The van der Waals surface area contributed by atoms with E-state index in [-0.39, 0.29) is 18.2 Å². The summed E-state index contributed by atoms with van der Waals surface area (Å²) in [5, 5.41) is 16.1. The Morgan fingerprint density at radius 3 is 2.68 bits per heavy atom. The second-order valence-electron chi connectivity index (χ2n) is 4.70. The number of amides is 1. The number of hydrogen-bond acceptors (Lipinski definition) is 4. The Kier molecular flexibility index (Phi) is 5.76. The van der Waals surface area contributed by atoms with Crippen molar-refractivity contribution in [1.82, 2.24) is 5.43 Å². The number of benzene rings is 2. The van der Waals surface area contributed by atoms with Crippen LogP contribution in [-0.2, 0) is 4.79 Å². The molecule has 0 aliphatic carbocycles. The van der Waals surface area contributed by atoms with Gasteiger partial charge in [0.05, 0.1) is 12.8 Å². The third-order valence-corrected chi connectivity index (χ3v) is 3.59. The molecule has 2 rings (SSSR count). The van der Waals surface area contributed by atoms with Crippen LogP contribution in [0.25, 0.3) is 0 Å². The zero-order valence-corrected chi connectivity index (χ0v) is 14.2. The monoisotopic (exact) mass is 409 g/mol. The number of carbonyl (C=O) groups excluding carboxylic acids is 1. The summed E-state index contributed by atoms with van der Waals surface area (Å²) in [6, 6.07) is 12.5. The quantitative estimate of drug-likeness (QED) is 0.404. The first-order valence-electron chi connectivity index (χ1n) is 6.65. The predicted molar refractivity (Wildman–Crippen MR) is 96.2 cm³/mol. The van der Waals surface area contributed by atoms with Gasteiger partial charge in [-0.25, -0.2) is 5.43 Å². The Hall–Kier alpha value is -2.09. The van der Waals surface area contributed by atoms with Gasteiger partial charge in [0.15, 0.2) is 0 Å². The highest BCUT2D eigenvalue weighted by Crippen LogP contribution is 2.17. The van der Waals surface area contributed by atoms with E-state index in [0.29, 0.717) is 0 Å². The van der Waals surface area contributed by atoms with Crippen molar-refractivity contribution < 1.29 is 9.90 Å². The molecule has 0 aliphatic heterocycles. The van der Waals surface area contributed by atoms with Crippen LogP contribution < -0.4 is 10.7 Å². The number of hydrazone groups is 1. The maximum absolute atomic E-state index is 11.7. The fraction of sp³-hybridized carbons (Fsp3) is 0.125. The molecule has 1 amide bonds. The van der Waals surface area contributed by atoms with Gasteiger partial charge in [0, 0.05) is 9.26 Å². The molecule has 2 aromatic carbocycles. The lowest BCUT2D eigenvalue weighted by Crippen LogP contribution is -2.26. The van der Waals surface area contributed by atoms with Gasteiger partial charge >= 0.3 is 0 Å². The summed E-state index contributed by atoms with van der Waals surface area (Å²) in [6.07, 6.45) is 1.52. The molecule has 0 radical (unpaired) electrons. The number of phenols is 1. The zero-order chi connectivity index (χ0) is 15.9. The number of hydrogen-bond donors (Lipinski definition) is 3. The van der Waals surface area contributed by atoms with Gasteiger partial charge in [-0.2, -0.15) is 5.10 Å². The number of nitrogens with zero attached hydrogens (tertiary/aromatic N) is 1. The minimum atomic E-state index is -0.229. The van der Waals surface area contributed by atoms with Crippen LogP contribution in [0.3, 0.4) is 0 Å². The molecule has 0 aromatic heterocycles. The molecule has 5 nitrogen and oxygen atoms in total. The Bertz CT molecular complexity index is 684. The number of phenolic OH excluding ortho intramolecular Hbond substituents is 1. The average Bonchev–Trinajstić information content (AvgIpc) is 2.48. The van der Waals surface area contributed by atoms with Gasteiger partial charge < -0.3 is 10.4 Å². The molecule has 2 aromatic rings. The third kappa shape index (κ3) is 5.03. The van der Waals surface area contributed by atoms with Gasteiger partial charge in [-0.15, -0.1) is 0 Å². The molecule has 0 saturated carbocycles. The second kappa shape index (κ2) is 7.79. The van der Waals surface area contributed by atoms with E-state index in [9.17, 15) is 4.79 Å². The molecule has 0 fully saturated rings. The number of aryl methyl sites for hydroxylation is 1. The number of nitrogens with one attached hydrogen (secondary N) is 2. The molecule has 0 aliphatic rings. The molecule has 3 N–H and O–H groups in total. The summed E-state index contributed by atoms with van der Waals surface area (Å²) in [7, 11) is 0. The van der Waals surface area contributed by atoms with Crippen LogP contribution in [-0.4, -0.2) is 23.8 Å². The van der Waals surface area contributed by atoms with Crippen molar-refractivity contribution in [2.75, 3.05) is 11.9 Å². The fourth-order valence-electron chi connectivity index (χ4n) is 1.78. The van der Waals surface area contributed by atoms with Crippen LogP contribution in [0.15, 0.2) is 47.6 Å².